The summed E-state index contributed by atoms with van der Waals surface area (Å²) >= 11 is 0. The third kappa shape index (κ3) is 3.94. The van der Waals surface area contributed by atoms with E-state index in [-0.39, 0.29) is 6.10 Å². The van der Waals surface area contributed by atoms with Crippen LogP contribution in [0, 0.1) is 5.41 Å². The Balaban J connectivity index is 1.71. The number of hydrogen-bond donors (Lipinski definition) is 2. The molecular formula is C15H30N2O. The monoisotopic (exact) mass is 254 g/mol. The molecule has 1 saturated carbocycles. The number of likely N-dealkylation sites (tertiary alicyclic amines) is 1. The van der Waals surface area contributed by atoms with Gasteiger partial charge < -0.3 is 15.3 Å². The molecule has 1 aliphatic heterocycles. The Morgan fingerprint density at radius 3 is 2.56 bits per heavy atom. The van der Waals surface area contributed by atoms with Gasteiger partial charge in [0.05, 0.1) is 6.10 Å². The first-order valence-electron chi connectivity index (χ1n) is 7.73. The number of β-amino-alcohol motifs (C(OH)–C–C–N with tert-alkyl or cyclic N) is 1. The first-order chi connectivity index (χ1) is 8.60. The molecule has 3 heteroatoms. The minimum atomic E-state index is -0.217. The van der Waals surface area contributed by atoms with Crippen molar-refractivity contribution in [2.75, 3.05) is 26.2 Å². The molecule has 0 aromatic rings. The number of rotatable bonds is 5. The Labute approximate surface area is 112 Å². The normalized spacial score (nSPS) is 26.0. The lowest BCUT2D eigenvalue weighted by Crippen LogP contribution is -2.40. The van der Waals surface area contributed by atoms with Gasteiger partial charge in [-0.2, -0.15) is 0 Å². The lowest BCUT2D eigenvalue weighted by atomic mass is 9.73. The van der Waals surface area contributed by atoms with Crippen molar-refractivity contribution in [3.8, 4) is 0 Å². The fourth-order valence-electron chi connectivity index (χ4n) is 3.63. The van der Waals surface area contributed by atoms with E-state index in [2.05, 4.69) is 24.1 Å². The molecular weight excluding hydrogens is 224 g/mol. The van der Waals surface area contributed by atoms with Crippen LogP contribution in [0.15, 0.2) is 0 Å². The summed E-state index contributed by atoms with van der Waals surface area (Å²) in [6, 6.07) is 0.461. The van der Waals surface area contributed by atoms with E-state index < -0.39 is 0 Å². The average Bonchev–Trinajstić information content (AvgIpc) is 2.70. The average molecular weight is 254 g/mol. The molecule has 2 fully saturated rings. The fraction of sp³-hybridized carbons (Fsp3) is 1.00. The quantitative estimate of drug-likeness (QED) is 0.788. The summed E-state index contributed by atoms with van der Waals surface area (Å²) < 4.78 is 0. The first-order valence-corrected chi connectivity index (χ1v) is 7.73. The van der Waals surface area contributed by atoms with Gasteiger partial charge in [0.2, 0.25) is 0 Å². The van der Waals surface area contributed by atoms with Crippen LogP contribution in [0.25, 0.3) is 0 Å². The maximum atomic E-state index is 10.0. The Kier molecular flexibility index (Phi) is 5.05. The molecule has 1 heterocycles. The molecule has 106 valence electrons. The highest BCUT2D eigenvalue weighted by atomic mass is 16.3. The van der Waals surface area contributed by atoms with Crippen molar-refractivity contribution in [1.82, 2.24) is 10.2 Å². The Bertz CT molecular complexity index is 249. The van der Waals surface area contributed by atoms with Gasteiger partial charge in [-0.15, -0.1) is 0 Å². The van der Waals surface area contributed by atoms with E-state index in [0.717, 1.165) is 13.1 Å². The van der Waals surface area contributed by atoms with Gasteiger partial charge in [0.1, 0.15) is 0 Å². The minimum absolute atomic E-state index is 0.217. The van der Waals surface area contributed by atoms with Crippen molar-refractivity contribution in [3.05, 3.63) is 0 Å². The number of aliphatic hydroxyl groups excluding tert-OH is 1. The summed E-state index contributed by atoms with van der Waals surface area (Å²) in [4.78, 5) is 2.48. The number of hydrogen-bond acceptors (Lipinski definition) is 3. The first kappa shape index (κ1) is 14.3. The second kappa shape index (κ2) is 6.36. The van der Waals surface area contributed by atoms with Gasteiger partial charge in [-0.25, -0.2) is 0 Å². The van der Waals surface area contributed by atoms with Crippen molar-refractivity contribution in [2.45, 2.75) is 64.5 Å². The zero-order valence-electron chi connectivity index (χ0n) is 12.1. The maximum Gasteiger partial charge on any atom is 0.0791 e. The fourth-order valence-corrected chi connectivity index (χ4v) is 3.63. The highest BCUT2D eigenvalue weighted by Crippen LogP contribution is 2.43. The number of aliphatic hydroxyl groups is 1. The van der Waals surface area contributed by atoms with E-state index in [0.29, 0.717) is 11.5 Å². The molecule has 18 heavy (non-hydrogen) atoms. The number of nitrogens with zero attached hydrogens (tertiary/aromatic N) is 1. The van der Waals surface area contributed by atoms with Gasteiger partial charge in [-0.3, -0.25) is 0 Å². The molecule has 2 aliphatic rings. The van der Waals surface area contributed by atoms with Crippen LogP contribution in [-0.4, -0.2) is 48.3 Å². The van der Waals surface area contributed by atoms with Crippen LogP contribution < -0.4 is 5.32 Å². The van der Waals surface area contributed by atoms with Crippen molar-refractivity contribution in [2.24, 2.45) is 5.41 Å². The highest BCUT2D eigenvalue weighted by Gasteiger charge is 2.38. The molecule has 0 amide bonds. The third-order valence-electron chi connectivity index (χ3n) is 4.66. The summed E-state index contributed by atoms with van der Waals surface area (Å²) in [5.74, 6) is 0. The van der Waals surface area contributed by atoms with Gasteiger partial charge in [0, 0.05) is 25.7 Å². The summed E-state index contributed by atoms with van der Waals surface area (Å²) in [5.41, 5.74) is 0.615. The lowest BCUT2D eigenvalue weighted by molar-refractivity contribution is 0.108. The van der Waals surface area contributed by atoms with Crippen LogP contribution in [0.4, 0.5) is 0 Å². The Hall–Kier alpha value is -0.120. The molecule has 0 bridgehead atoms. The molecule has 1 spiro atoms. The SMILES string of the molecule is CC(C)NCC(O)CN1CCC2(CCCCC2)C1. The number of nitrogens with one attached hydrogen (secondary N) is 1. The summed E-state index contributed by atoms with van der Waals surface area (Å²) in [7, 11) is 0. The van der Waals surface area contributed by atoms with E-state index in [1.165, 1.54) is 51.6 Å². The van der Waals surface area contributed by atoms with Crippen LogP contribution in [0.1, 0.15) is 52.4 Å². The third-order valence-corrected chi connectivity index (χ3v) is 4.66. The predicted octanol–water partition coefficient (Wildman–Crippen LogP) is 2.00. The van der Waals surface area contributed by atoms with Crippen LogP contribution in [0.3, 0.4) is 0 Å². The van der Waals surface area contributed by atoms with Crippen molar-refractivity contribution >= 4 is 0 Å². The van der Waals surface area contributed by atoms with Gasteiger partial charge in [0.15, 0.2) is 0 Å². The summed E-state index contributed by atoms with van der Waals surface area (Å²) in [6.07, 6.45) is 8.26. The van der Waals surface area contributed by atoms with Gasteiger partial charge in [-0.1, -0.05) is 33.1 Å². The van der Waals surface area contributed by atoms with Crippen LogP contribution in [0.5, 0.6) is 0 Å². The van der Waals surface area contributed by atoms with Crippen LogP contribution >= 0.6 is 0 Å². The molecule has 0 aromatic carbocycles. The van der Waals surface area contributed by atoms with Gasteiger partial charge >= 0.3 is 0 Å². The smallest absolute Gasteiger partial charge is 0.0791 e. The highest BCUT2D eigenvalue weighted by molar-refractivity contribution is 4.92. The summed E-state index contributed by atoms with van der Waals surface area (Å²) in [5, 5.41) is 13.4. The molecule has 0 aromatic heterocycles. The van der Waals surface area contributed by atoms with E-state index >= 15 is 0 Å². The van der Waals surface area contributed by atoms with Crippen LogP contribution in [0.2, 0.25) is 0 Å². The second-order valence-electron chi connectivity index (χ2n) is 6.76. The van der Waals surface area contributed by atoms with Crippen molar-refractivity contribution < 1.29 is 5.11 Å². The van der Waals surface area contributed by atoms with E-state index in [4.69, 9.17) is 0 Å². The maximum absolute atomic E-state index is 10.0. The van der Waals surface area contributed by atoms with Gasteiger partial charge in [0.25, 0.3) is 0 Å². The van der Waals surface area contributed by atoms with E-state index in [1.54, 1.807) is 0 Å². The molecule has 2 N–H and O–H groups in total. The molecule has 1 aliphatic carbocycles. The molecule has 3 nitrogen and oxygen atoms in total. The predicted molar refractivity (Wildman–Crippen MR) is 75.7 cm³/mol. The Morgan fingerprint density at radius 1 is 1.17 bits per heavy atom. The molecule has 2 rings (SSSR count). The molecule has 1 saturated heterocycles. The molecule has 1 unspecified atom stereocenters. The second-order valence-corrected chi connectivity index (χ2v) is 6.76. The van der Waals surface area contributed by atoms with Crippen molar-refractivity contribution in [1.29, 1.82) is 0 Å². The molecule has 0 radical (unpaired) electrons. The zero-order chi connectivity index (χ0) is 13.0. The standard InChI is InChI=1S/C15H30N2O/c1-13(2)16-10-14(18)11-17-9-8-15(12-17)6-4-3-5-7-15/h13-14,16,18H,3-12H2,1-2H3. The van der Waals surface area contributed by atoms with Crippen LogP contribution in [-0.2, 0) is 0 Å². The van der Waals surface area contributed by atoms with E-state index in [1.807, 2.05) is 0 Å². The van der Waals surface area contributed by atoms with Gasteiger partial charge in [-0.05, 0) is 31.2 Å². The minimum Gasteiger partial charge on any atom is -0.390 e. The molecule has 1 atom stereocenters. The topological polar surface area (TPSA) is 35.5 Å². The summed E-state index contributed by atoms with van der Waals surface area (Å²) in [6.45, 7) is 8.24. The Morgan fingerprint density at radius 2 is 1.89 bits per heavy atom. The lowest BCUT2D eigenvalue weighted by Gasteiger charge is -2.33. The zero-order valence-corrected chi connectivity index (χ0v) is 12.1. The van der Waals surface area contributed by atoms with E-state index in [9.17, 15) is 5.11 Å². The largest absolute Gasteiger partial charge is 0.390 e. The van der Waals surface area contributed by atoms with Crippen molar-refractivity contribution in [3.63, 3.8) is 0 Å².